The number of thiazole rings is 1. The summed E-state index contributed by atoms with van der Waals surface area (Å²) in [6.45, 7) is 3.44. The molecule has 1 amide bonds. The molecule has 0 saturated carbocycles. The Kier molecular flexibility index (Phi) is 5.63. The van der Waals surface area contributed by atoms with Crippen molar-refractivity contribution in [2.45, 2.75) is 25.9 Å². The first-order valence-electron chi connectivity index (χ1n) is 7.10. The highest BCUT2D eigenvalue weighted by atomic mass is 32.1. The lowest BCUT2D eigenvalue weighted by atomic mass is 10.0. The number of aliphatic hydroxyl groups is 1. The summed E-state index contributed by atoms with van der Waals surface area (Å²) in [6.07, 6.45) is -1.45. The first-order chi connectivity index (χ1) is 10.5. The average molecular weight is 322 g/mol. The Bertz CT molecular complexity index is 625. The molecule has 2 rings (SSSR count). The second kappa shape index (κ2) is 7.47. The van der Waals surface area contributed by atoms with Gasteiger partial charge in [0, 0.05) is 10.9 Å². The number of hydrogen-bond donors (Lipinski definition) is 2. The van der Waals surface area contributed by atoms with Gasteiger partial charge in [0.05, 0.1) is 13.2 Å². The first-order valence-corrected chi connectivity index (χ1v) is 7.98. The molecule has 2 N–H and O–H groups in total. The number of hydrogen-bond acceptors (Lipinski definition) is 4. The normalized spacial score (nSPS) is 12.4. The van der Waals surface area contributed by atoms with Crippen LogP contribution in [0.1, 0.15) is 35.8 Å². The molecule has 4 nitrogen and oxygen atoms in total. The van der Waals surface area contributed by atoms with Gasteiger partial charge in [0.2, 0.25) is 0 Å². The number of halogens is 1. The lowest BCUT2D eigenvalue weighted by Crippen LogP contribution is -2.31. The molecule has 0 bridgehead atoms. The van der Waals surface area contributed by atoms with Gasteiger partial charge in [-0.2, -0.15) is 0 Å². The van der Waals surface area contributed by atoms with Gasteiger partial charge in [-0.25, -0.2) is 9.37 Å². The fourth-order valence-electron chi connectivity index (χ4n) is 1.88. The van der Waals surface area contributed by atoms with E-state index in [1.54, 1.807) is 5.38 Å². The Balaban J connectivity index is 2.06. The van der Waals surface area contributed by atoms with E-state index >= 15 is 0 Å². The van der Waals surface area contributed by atoms with Gasteiger partial charge in [-0.1, -0.05) is 38.1 Å². The van der Waals surface area contributed by atoms with Crippen molar-refractivity contribution in [3.8, 4) is 10.6 Å². The van der Waals surface area contributed by atoms with E-state index in [2.05, 4.69) is 36.3 Å². The third kappa shape index (κ3) is 4.11. The molecule has 1 heterocycles. The third-order valence-electron chi connectivity index (χ3n) is 3.24. The SMILES string of the molecule is CC(C)c1ccc(-c2nc(C(=O)NCC(F)CO)cs2)cc1. The Morgan fingerprint density at radius 2 is 2.05 bits per heavy atom. The van der Waals surface area contributed by atoms with Crippen LogP contribution in [0, 0.1) is 0 Å². The third-order valence-corrected chi connectivity index (χ3v) is 4.13. The van der Waals surface area contributed by atoms with Gasteiger partial charge < -0.3 is 10.4 Å². The van der Waals surface area contributed by atoms with Crippen LogP contribution >= 0.6 is 11.3 Å². The summed E-state index contributed by atoms with van der Waals surface area (Å²) in [5.41, 5.74) is 2.46. The molecule has 0 saturated heterocycles. The van der Waals surface area contributed by atoms with Crippen LogP contribution in [-0.2, 0) is 0 Å². The maximum atomic E-state index is 12.9. The molecule has 2 aromatic rings. The monoisotopic (exact) mass is 322 g/mol. The topological polar surface area (TPSA) is 62.2 Å². The minimum absolute atomic E-state index is 0.217. The molecule has 1 aromatic heterocycles. The Morgan fingerprint density at radius 1 is 1.36 bits per heavy atom. The maximum absolute atomic E-state index is 12.9. The lowest BCUT2D eigenvalue weighted by molar-refractivity contribution is 0.0924. The first kappa shape index (κ1) is 16.6. The Labute approximate surface area is 133 Å². The molecule has 6 heteroatoms. The summed E-state index contributed by atoms with van der Waals surface area (Å²) in [5, 5.41) is 13.4. The van der Waals surface area contributed by atoms with Gasteiger partial charge >= 0.3 is 0 Å². The molecular formula is C16H19FN2O2S. The maximum Gasteiger partial charge on any atom is 0.270 e. The highest BCUT2D eigenvalue weighted by molar-refractivity contribution is 7.13. The number of amides is 1. The van der Waals surface area contributed by atoms with Crippen molar-refractivity contribution in [1.29, 1.82) is 0 Å². The summed E-state index contributed by atoms with van der Waals surface area (Å²) < 4.78 is 12.9. The van der Waals surface area contributed by atoms with E-state index in [4.69, 9.17) is 5.11 Å². The number of nitrogens with one attached hydrogen (secondary N) is 1. The number of carbonyl (C=O) groups excluding carboxylic acids is 1. The largest absolute Gasteiger partial charge is 0.393 e. The fraction of sp³-hybridized carbons (Fsp3) is 0.375. The molecular weight excluding hydrogens is 303 g/mol. The van der Waals surface area contributed by atoms with Gasteiger partial charge in [0.15, 0.2) is 0 Å². The second-order valence-corrected chi connectivity index (χ2v) is 6.16. The van der Waals surface area contributed by atoms with Crippen molar-refractivity contribution < 1.29 is 14.3 Å². The van der Waals surface area contributed by atoms with E-state index in [1.165, 1.54) is 16.9 Å². The molecule has 0 fully saturated rings. The molecule has 0 aliphatic heterocycles. The van der Waals surface area contributed by atoms with Crippen LogP contribution in [0.15, 0.2) is 29.6 Å². The minimum atomic E-state index is -1.45. The zero-order chi connectivity index (χ0) is 16.1. The van der Waals surface area contributed by atoms with Crippen LogP contribution in [0.2, 0.25) is 0 Å². The van der Waals surface area contributed by atoms with Gasteiger partial charge in [-0.05, 0) is 11.5 Å². The average Bonchev–Trinajstić information content (AvgIpc) is 3.02. The molecule has 22 heavy (non-hydrogen) atoms. The van der Waals surface area contributed by atoms with Crippen molar-refractivity contribution in [3.05, 3.63) is 40.9 Å². The van der Waals surface area contributed by atoms with Gasteiger partial charge in [-0.3, -0.25) is 4.79 Å². The molecule has 0 radical (unpaired) electrons. The zero-order valence-corrected chi connectivity index (χ0v) is 13.4. The predicted molar refractivity (Wildman–Crippen MR) is 86.0 cm³/mol. The minimum Gasteiger partial charge on any atom is -0.393 e. The van der Waals surface area contributed by atoms with Crippen molar-refractivity contribution in [1.82, 2.24) is 10.3 Å². The fourth-order valence-corrected chi connectivity index (χ4v) is 2.69. The van der Waals surface area contributed by atoms with Crippen molar-refractivity contribution >= 4 is 17.2 Å². The Hall–Kier alpha value is -1.79. The predicted octanol–water partition coefficient (Wildman–Crippen LogP) is 2.99. The van der Waals surface area contributed by atoms with E-state index in [9.17, 15) is 9.18 Å². The van der Waals surface area contributed by atoms with Gasteiger partial charge in [-0.15, -0.1) is 11.3 Å². The molecule has 0 spiro atoms. The van der Waals surface area contributed by atoms with Crippen LogP contribution in [0.3, 0.4) is 0 Å². The van der Waals surface area contributed by atoms with E-state index in [-0.39, 0.29) is 12.2 Å². The van der Waals surface area contributed by atoms with Crippen LogP contribution < -0.4 is 5.32 Å². The van der Waals surface area contributed by atoms with E-state index in [0.717, 1.165) is 10.6 Å². The van der Waals surface area contributed by atoms with E-state index < -0.39 is 18.7 Å². The number of alkyl halides is 1. The molecule has 1 aromatic carbocycles. The van der Waals surface area contributed by atoms with Crippen LogP contribution in [0.25, 0.3) is 10.6 Å². The summed E-state index contributed by atoms with van der Waals surface area (Å²) >= 11 is 1.37. The number of nitrogens with zero attached hydrogens (tertiary/aromatic N) is 1. The van der Waals surface area contributed by atoms with E-state index in [0.29, 0.717) is 5.92 Å². The Morgan fingerprint density at radius 3 is 2.64 bits per heavy atom. The molecule has 118 valence electrons. The molecule has 0 aliphatic carbocycles. The highest BCUT2D eigenvalue weighted by Crippen LogP contribution is 2.25. The summed E-state index contributed by atoms with van der Waals surface area (Å²) in [4.78, 5) is 16.1. The smallest absolute Gasteiger partial charge is 0.270 e. The molecule has 1 unspecified atom stereocenters. The number of benzene rings is 1. The van der Waals surface area contributed by atoms with Crippen molar-refractivity contribution in [3.63, 3.8) is 0 Å². The van der Waals surface area contributed by atoms with Crippen LogP contribution in [-0.4, -0.2) is 35.3 Å². The number of carbonyl (C=O) groups is 1. The highest BCUT2D eigenvalue weighted by Gasteiger charge is 2.13. The number of aromatic nitrogens is 1. The molecule has 0 aliphatic rings. The lowest BCUT2D eigenvalue weighted by Gasteiger charge is -2.06. The number of rotatable bonds is 6. The quantitative estimate of drug-likeness (QED) is 0.859. The molecule has 1 atom stereocenters. The zero-order valence-electron chi connectivity index (χ0n) is 12.5. The standard InChI is InChI=1S/C16H19FN2O2S/c1-10(2)11-3-5-12(6-4-11)16-19-14(9-22-16)15(21)18-7-13(17)8-20/h3-6,9-10,13,20H,7-8H2,1-2H3,(H,18,21). The summed E-state index contributed by atoms with van der Waals surface area (Å²) in [7, 11) is 0. The number of aliphatic hydroxyl groups excluding tert-OH is 1. The van der Waals surface area contributed by atoms with Crippen molar-refractivity contribution in [2.75, 3.05) is 13.2 Å². The van der Waals surface area contributed by atoms with Crippen LogP contribution in [0.4, 0.5) is 4.39 Å². The van der Waals surface area contributed by atoms with Crippen LogP contribution in [0.5, 0.6) is 0 Å². The van der Waals surface area contributed by atoms with Crippen molar-refractivity contribution in [2.24, 2.45) is 0 Å². The summed E-state index contributed by atoms with van der Waals surface area (Å²) in [6, 6.07) is 8.07. The second-order valence-electron chi connectivity index (χ2n) is 5.30. The van der Waals surface area contributed by atoms with Gasteiger partial charge in [0.1, 0.15) is 16.9 Å². The van der Waals surface area contributed by atoms with E-state index in [1.807, 2.05) is 12.1 Å². The summed E-state index contributed by atoms with van der Waals surface area (Å²) in [5.74, 6) is 0.0317. The van der Waals surface area contributed by atoms with Gasteiger partial charge in [0.25, 0.3) is 5.91 Å².